The van der Waals surface area contributed by atoms with Gasteiger partial charge in [0.25, 0.3) is 0 Å². The van der Waals surface area contributed by atoms with Crippen molar-refractivity contribution in [1.82, 2.24) is 0 Å². The van der Waals surface area contributed by atoms with Gasteiger partial charge in [0, 0.05) is 16.1 Å². The molecule has 6 heteroatoms. The average Bonchev–Trinajstić information content (AvgIpc) is 2.47. The molecule has 0 radical (unpaired) electrons. The van der Waals surface area contributed by atoms with Crippen LogP contribution in [0.2, 0.25) is 0 Å². The Morgan fingerprint density at radius 3 is 2.09 bits per heavy atom. The van der Waals surface area contributed by atoms with E-state index in [9.17, 15) is 13.2 Å². The Morgan fingerprint density at radius 1 is 0.955 bits per heavy atom. The SMILES string of the molecule is Brc1ccccc1.CS(=O)(=O)c1cc2ccccc2oc1=O. The van der Waals surface area contributed by atoms with Gasteiger partial charge in [-0.2, -0.15) is 0 Å². The second-order valence-electron chi connectivity index (χ2n) is 4.50. The molecule has 0 atom stereocenters. The summed E-state index contributed by atoms with van der Waals surface area (Å²) in [5, 5.41) is 0.595. The smallest absolute Gasteiger partial charge is 0.355 e. The minimum atomic E-state index is -3.53. The van der Waals surface area contributed by atoms with Crippen LogP contribution in [-0.4, -0.2) is 14.7 Å². The van der Waals surface area contributed by atoms with Gasteiger partial charge in [0.2, 0.25) is 0 Å². The molecule has 0 saturated heterocycles. The van der Waals surface area contributed by atoms with E-state index in [2.05, 4.69) is 15.9 Å². The third-order valence-corrected chi connectivity index (χ3v) is 4.35. The van der Waals surface area contributed by atoms with E-state index < -0.39 is 15.5 Å². The van der Waals surface area contributed by atoms with Crippen molar-refractivity contribution in [3.63, 3.8) is 0 Å². The lowest BCUT2D eigenvalue weighted by atomic mass is 10.2. The molecule has 1 heterocycles. The maximum Gasteiger partial charge on any atom is 0.355 e. The Hall–Kier alpha value is -1.92. The van der Waals surface area contributed by atoms with Gasteiger partial charge in [-0.25, -0.2) is 13.2 Å². The van der Waals surface area contributed by atoms with Crippen LogP contribution in [0, 0.1) is 0 Å². The molecule has 0 saturated carbocycles. The first-order valence-corrected chi connectivity index (χ1v) is 9.00. The van der Waals surface area contributed by atoms with Gasteiger partial charge in [-0.3, -0.25) is 0 Å². The molecule has 4 nitrogen and oxygen atoms in total. The van der Waals surface area contributed by atoms with Gasteiger partial charge in [-0.05, 0) is 24.3 Å². The second-order valence-corrected chi connectivity index (χ2v) is 7.40. The Kier molecular flexibility index (Phi) is 5.15. The summed E-state index contributed by atoms with van der Waals surface area (Å²) < 4.78 is 28.5. The lowest BCUT2D eigenvalue weighted by Gasteiger charge is -1.98. The highest BCUT2D eigenvalue weighted by atomic mass is 79.9. The van der Waals surface area contributed by atoms with Gasteiger partial charge in [0.1, 0.15) is 5.58 Å². The molecule has 0 aliphatic heterocycles. The molecule has 0 aliphatic rings. The Morgan fingerprint density at radius 2 is 1.55 bits per heavy atom. The molecule has 3 aromatic rings. The van der Waals surface area contributed by atoms with E-state index in [-0.39, 0.29) is 4.90 Å². The maximum atomic E-state index is 11.3. The molecule has 0 aliphatic carbocycles. The zero-order valence-corrected chi connectivity index (χ0v) is 14.1. The third kappa shape index (κ3) is 4.29. The van der Waals surface area contributed by atoms with Gasteiger partial charge in [0.05, 0.1) is 0 Å². The summed E-state index contributed by atoms with van der Waals surface area (Å²) in [6.45, 7) is 0. The summed E-state index contributed by atoms with van der Waals surface area (Å²) in [5.74, 6) is 0. The summed E-state index contributed by atoms with van der Waals surface area (Å²) >= 11 is 3.31. The van der Waals surface area contributed by atoms with Crippen LogP contribution >= 0.6 is 15.9 Å². The number of sulfone groups is 1. The largest absolute Gasteiger partial charge is 0.422 e. The number of hydrogen-bond donors (Lipinski definition) is 0. The van der Waals surface area contributed by atoms with Crippen LogP contribution in [-0.2, 0) is 9.84 Å². The fourth-order valence-corrected chi connectivity index (χ4v) is 2.71. The molecule has 1 aromatic heterocycles. The highest BCUT2D eigenvalue weighted by Gasteiger charge is 2.14. The maximum absolute atomic E-state index is 11.3. The molecule has 0 N–H and O–H groups in total. The van der Waals surface area contributed by atoms with Crippen LogP contribution in [0.1, 0.15) is 0 Å². The number of fused-ring (bicyclic) bond motifs is 1. The van der Waals surface area contributed by atoms with Crippen LogP contribution in [0.5, 0.6) is 0 Å². The van der Waals surface area contributed by atoms with Crippen LogP contribution in [0.25, 0.3) is 11.0 Å². The van der Waals surface area contributed by atoms with E-state index in [1.807, 2.05) is 30.3 Å². The van der Waals surface area contributed by atoms with E-state index >= 15 is 0 Å². The summed E-state index contributed by atoms with van der Waals surface area (Å²) in [6.07, 6.45) is 0.980. The number of rotatable bonds is 1. The molecule has 22 heavy (non-hydrogen) atoms. The summed E-state index contributed by atoms with van der Waals surface area (Å²) in [5.41, 5.74) is -0.439. The molecular weight excluding hydrogens is 368 g/mol. The molecule has 0 amide bonds. The van der Waals surface area contributed by atoms with E-state index in [0.29, 0.717) is 11.0 Å². The first-order chi connectivity index (χ1) is 10.4. The van der Waals surface area contributed by atoms with Gasteiger partial charge in [0.15, 0.2) is 14.7 Å². The molecular formula is C16H13BrO4S. The van der Waals surface area contributed by atoms with Crippen molar-refractivity contribution < 1.29 is 12.8 Å². The third-order valence-electron chi connectivity index (χ3n) is 2.74. The molecule has 3 rings (SSSR count). The monoisotopic (exact) mass is 380 g/mol. The van der Waals surface area contributed by atoms with Crippen molar-refractivity contribution in [1.29, 1.82) is 0 Å². The fraction of sp³-hybridized carbons (Fsp3) is 0.0625. The van der Waals surface area contributed by atoms with Crippen LogP contribution in [0.4, 0.5) is 0 Å². The first kappa shape index (κ1) is 16.5. The topological polar surface area (TPSA) is 64.3 Å². The normalized spacial score (nSPS) is 10.8. The molecule has 0 spiro atoms. The van der Waals surface area contributed by atoms with Gasteiger partial charge >= 0.3 is 5.63 Å². The van der Waals surface area contributed by atoms with Crippen molar-refractivity contribution >= 4 is 36.7 Å². The fourth-order valence-electron chi connectivity index (χ4n) is 1.72. The Labute approximate surface area is 136 Å². The molecule has 0 fully saturated rings. The lowest BCUT2D eigenvalue weighted by molar-refractivity contribution is 0.534. The average molecular weight is 381 g/mol. The van der Waals surface area contributed by atoms with Crippen molar-refractivity contribution in [2.45, 2.75) is 4.90 Å². The highest BCUT2D eigenvalue weighted by Crippen LogP contribution is 2.14. The quantitative estimate of drug-likeness (QED) is 0.604. The molecule has 114 valence electrons. The van der Waals surface area contributed by atoms with Crippen LogP contribution in [0.15, 0.2) is 79.2 Å². The summed E-state index contributed by atoms with van der Waals surface area (Å²) in [4.78, 5) is 11.0. The zero-order valence-electron chi connectivity index (χ0n) is 11.7. The van der Waals surface area contributed by atoms with Crippen molar-refractivity contribution in [3.05, 3.63) is 75.6 Å². The lowest BCUT2D eigenvalue weighted by Crippen LogP contribution is -2.12. The minimum absolute atomic E-state index is 0.304. The Balaban J connectivity index is 0.000000211. The van der Waals surface area contributed by atoms with Gasteiger partial charge in [-0.15, -0.1) is 0 Å². The Bertz CT molecular complexity index is 931. The number of halogens is 1. The highest BCUT2D eigenvalue weighted by molar-refractivity contribution is 9.10. The summed E-state index contributed by atoms with van der Waals surface area (Å²) in [7, 11) is -3.53. The standard InChI is InChI=1S/C10H8O4S.C6H5Br/c1-15(12,13)9-6-7-4-2-3-5-8(7)14-10(9)11;7-6-4-2-1-3-5-6/h2-6H,1H3;1-5H. The van der Waals surface area contributed by atoms with Gasteiger partial charge in [-0.1, -0.05) is 52.3 Å². The summed E-state index contributed by atoms with van der Waals surface area (Å²) in [6, 6.07) is 18.1. The second kappa shape index (κ2) is 6.89. The van der Waals surface area contributed by atoms with Crippen LogP contribution < -0.4 is 5.63 Å². The zero-order chi connectivity index (χ0) is 16.2. The molecule has 0 unspecified atom stereocenters. The minimum Gasteiger partial charge on any atom is -0.422 e. The van der Waals surface area contributed by atoms with E-state index in [4.69, 9.17) is 4.42 Å². The molecule has 2 aromatic carbocycles. The van der Waals surface area contributed by atoms with Crippen molar-refractivity contribution in [2.24, 2.45) is 0 Å². The predicted molar refractivity (Wildman–Crippen MR) is 89.7 cm³/mol. The number of benzene rings is 2. The van der Waals surface area contributed by atoms with E-state index in [0.717, 1.165) is 10.7 Å². The van der Waals surface area contributed by atoms with Gasteiger partial charge < -0.3 is 4.42 Å². The van der Waals surface area contributed by atoms with Crippen molar-refractivity contribution in [2.75, 3.05) is 6.26 Å². The predicted octanol–water partition coefficient (Wildman–Crippen LogP) is 3.65. The van der Waals surface area contributed by atoms with Crippen molar-refractivity contribution in [3.8, 4) is 0 Å². The molecule has 0 bridgehead atoms. The van der Waals surface area contributed by atoms with E-state index in [1.165, 1.54) is 6.07 Å². The number of hydrogen-bond acceptors (Lipinski definition) is 4. The van der Waals surface area contributed by atoms with E-state index in [1.54, 1.807) is 24.3 Å². The number of para-hydroxylation sites is 1. The van der Waals surface area contributed by atoms with Crippen LogP contribution in [0.3, 0.4) is 0 Å². The first-order valence-electron chi connectivity index (χ1n) is 6.31.